The molecule has 0 saturated heterocycles. The molecule has 4 N–H and O–H groups in total. The molecule has 0 fully saturated rings. The second-order valence-electron chi connectivity index (χ2n) is 5.75. The molecule has 26 heavy (non-hydrogen) atoms. The van der Waals surface area contributed by atoms with Crippen LogP contribution < -0.4 is 11.1 Å². The average Bonchev–Trinajstić information content (AvgIpc) is 3.27. The van der Waals surface area contributed by atoms with E-state index in [4.69, 9.17) is 10.2 Å². The average molecular weight is 343 g/mol. The standard InChI is InChI=1S/C18H13N7O/c19-16-14-15(24-25-17(14)21-9-20-16)10-5-7-11(8-6-10)22-18-23-12-3-1-2-4-13(12)26-18/h1-9H,(H,22,23)(H3,19,20,21,24,25). The van der Waals surface area contributed by atoms with Crippen molar-refractivity contribution in [1.29, 1.82) is 0 Å². The lowest BCUT2D eigenvalue weighted by atomic mass is 10.1. The van der Waals surface area contributed by atoms with E-state index in [0.717, 1.165) is 28.0 Å². The zero-order valence-corrected chi connectivity index (χ0v) is 13.5. The van der Waals surface area contributed by atoms with Gasteiger partial charge in [0.25, 0.3) is 6.01 Å². The number of nitrogens with zero attached hydrogens (tertiary/aromatic N) is 4. The molecule has 126 valence electrons. The molecule has 8 nitrogen and oxygen atoms in total. The summed E-state index contributed by atoms with van der Waals surface area (Å²) in [6, 6.07) is 15.8. The van der Waals surface area contributed by atoms with E-state index >= 15 is 0 Å². The van der Waals surface area contributed by atoms with Gasteiger partial charge in [-0.2, -0.15) is 10.1 Å². The lowest BCUT2D eigenvalue weighted by molar-refractivity contribution is 0.623. The van der Waals surface area contributed by atoms with Crippen LogP contribution in [0.2, 0.25) is 0 Å². The summed E-state index contributed by atoms with van der Waals surface area (Å²) in [6.45, 7) is 0. The van der Waals surface area contributed by atoms with E-state index < -0.39 is 0 Å². The number of aromatic amines is 1. The molecule has 5 aromatic rings. The number of benzene rings is 2. The van der Waals surface area contributed by atoms with E-state index in [1.807, 2.05) is 48.5 Å². The number of hydrogen-bond donors (Lipinski definition) is 3. The quantitative estimate of drug-likeness (QED) is 0.459. The van der Waals surface area contributed by atoms with Crippen molar-refractivity contribution in [1.82, 2.24) is 25.1 Å². The van der Waals surface area contributed by atoms with Gasteiger partial charge in [0.2, 0.25) is 0 Å². The second-order valence-corrected chi connectivity index (χ2v) is 5.75. The first-order valence-electron chi connectivity index (χ1n) is 7.95. The molecule has 0 bridgehead atoms. The fourth-order valence-corrected chi connectivity index (χ4v) is 2.86. The van der Waals surface area contributed by atoms with E-state index in [9.17, 15) is 0 Å². The van der Waals surface area contributed by atoms with Crippen molar-refractivity contribution in [3.8, 4) is 11.3 Å². The van der Waals surface area contributed by atoms with Crippen LogP contribution in [-0.4, -0.2) is 25.1 Å². The van der Waals surface area contributed by atoms with Crippen LogP contribution in [0.15, 0.2) is 59.3 Å². The lowest BCUT2D eigenvalue weighted by Crippen LogP contribution is -1.93. The van der Waals surface area contributed by atoms with Crippen LogP contribution in [0.3, 0.4) is 0 Å². The third-order valence-corrected chi connectivity index (χ3v) is 4.10. The summed E-state index contributed by atoms with van der Waals surface area (Å²) in [5.41, 5.74) is 10.6. The normalized spacial score (nSPS) is 11.2. The van der Waals surface area contributed by atoms with Gasteiger partial charge in [0.05, 0.1) is 11.1 Å². The number of para-hydroxylation sites is 2. The number of aromatic nitrogens is 5. The van der Waals surface area contributed by atoms with Crippen molar-refractivity contribution in [2.75, 3.05) is 11.1 Å². The van der Waals surface area contributed by atoms with Crippen molar-refractivity contribution >= 4 is 39.7 Å². The summed E-state index contributed by atoms with van der Waals surface area (Å²) in [6.07, 6.45) is 1.40. The summed E-state index contributed by atoms with van der Waals surface area (Å²) < 4.78 is 5.68. The monoisotopic (exact) mass is 343 g/mol. The summed E-state index contributed by atoms with van der Waals surface area (Å²) in [5, 5.41) is 11.0. The number of H-pyrrole nitrogens is 1. The van der Waals surface area contributed by atoms with E-state index in [-0.39, 0.29) is 0 Å². The number of nitrogens with one attached hydrogen (secondary N) is 2. The maximum Gasteiger partial charge on any atom is 0.300 e. The Labute approximate surface area is 147 Å². The van der Waals surface area contributed by atoms with E-state index in [1.165, 1.54) is 6.33 Å². The maximum atomic E-state index is 5.96. The molecule has 2 aromatic carbocycles. The van der Waals surface area contributed by atoms with Crippen LogP contribution in [-0.2, 0) is 0 Å². The first-order valence-corrected chi connectivity index (χ1v) is 7.95. The first-order chi connectivity index (χ1) is 12.8. The van der Waals surface area contributed by atoms with Crippen LogP contribution in [0.4, 0.5) is 17.5 Å². The second kappa shape index (κ2) is 5.55. The molecular weight excluding hydrogens is 330 g/mol. The predicted molar refractivity (Wildman–Crippen MR) is 98.8 cm³/mol. The molecule has 0 amide bonds. The minimum atomic E-state index is 0.396. The highest BCUT2D eigenvalue weighted by atomic mass is 16.4. The molecular formula is C18H13N7O. The molecule has 0 aliphatic carbocycles. The minimum absolute atomic E-state index is 0.396. The molecule has 0 radical (unpaired) electrons. The Morgan fingerprint density at radius 1 is 1.00 bits per heavy atom. The Morgan fingerprint density at radius 2 is 1.85 bits per heavy atom. The lowest BCUT2D eigenvalue weighted by Gasteiger charge is -2.04. The van der Waals surface area contributed by atoms with E-state index in [2.05, 4.69) is 30.5 Å². The highest BCUT2D eigenvalue weighted by Gasteiger charge is 2.12. The summed E-state index contributed by atoms with van der Waals surface area (Å²) in [5.74, 6) is 0.396. The van der Waals surface area contributed by atoms with Crippen LogP contribution in [0, 0.1) is 0 Å². The highest BCUT2D eigenvalue weighted by Crippen LogP contribution is 2.29. The number of rotatable bonds is 3. The molecule has 0 aliphatic heterocycles. The third-order valence-electron chi connectivity index (χ3n) is 4.10. The number of nitrogen functional groups attached to an aromatic ring is 1. The van der Waals surface area contributed by atoms with Gasteiger partial charge >= 0.3 is 0 Å². The van der Waals surface area contributed by atoms with E-state index in [1.54, 1.807) is 0 Å². The minimum Gasteiger partial charge on any atom is -0.423 e. The largest absolute Gasteiger partial charge is 0.423 e. The Hall–Kier alpha value is -3.94. The Kier molecular flexibility index (Phi) is 3.08. The Morgan fingerprint density at radius 3 is 2.69 bits per heavy atom. The van der Waals surface area contributed by atoms with Gasteiger partial charge in [0.1, 0.15) is 17.7 Å². The van der Waals surface area contributed by atoms with Crippen molar-refractivity contribution in [2.45, 2.75) is 0 Å². The summed E-state index contributed by atoms with van der Waals surface area (Å²) >= 11 is 0. The predicted octanol–water partition coefficient (Wildman–Crippen LogP) is 3.49. The molecule has 0 saturated carbocycles. The fourth-order valence-electron chi connectivity index (χ4n) is 2.86. The van der Waals surface area contributed by atoms with Crippen LogP contribution in [0.1, 0.15) is 0 Å². The molecule has 0 spiro atoms. The number of fused-ring (bicyclic) bond motifs is 2. The van der Waals surface area contributed by atoms with Gasteiger partial charge in [-0.1, -0.05) is 24.3 Å². The topological polar surface area (TPSA) is 119 Å². The first kappa shape index (κ1) is 14.4. The van der Waals surface area contributed by atoms with Gasteiger partial charge in [-0.25, -0.2) is 9.97 Å². The molecule has 3 heterocycles. The molecule has 3 aromatic heterocycles. The Balaban J connectivity index is 1.46. The number of oxazole rings is 1. The molecule has 8 heteroatoms. The molecule has 0 unspecified atom stereocenters. The van der Waals surface area contributed by atoms with Gasteiger partial charge < -0.3 is 15.5 Å². The highest BCUT2D eigenvalue weighted by molar-refractivity contribution is 5.97. The van der Waals surface area contributed by atoms with E-state index in [0.29, 0.717) is 22.9 Å². The zero-order valence-electron chi connectivity index (χ0n) is 13.5. The molecule has 0 atom stereocenters. The molecule has 5 rings (SSSR count). The van der Waals surface area contributed by atoms with Gasteiger partial charge in [-0.05, 0) is 24.3 Å². The number of anilines is 3. The fraction of sp³-hybridized carbons (Fsp3) is 0. The van der Waals surface area contributed by atoms with Gasteiger partial charge in [0, 0.05) is 11.3 Å². The van der Waals surface area contributed by atoms with Crippen LogP contribution in [0.5, 0.6) is 0 Å². The smallest absolute Gasteiger partial charge is 0.300 e. The van der Waals surface area contributed by atoms with Crippen molar-refractivity contribution < 1.29 is 4.42 Å². The SMILES string of the molecule is Nc1ncnc2n[nH]c(-c3ccc(Nc4nc5ccccc5o4)cc3)c12. The molecule has 0 aliphatic rings. The van der Waals surface area contributed by atoms with Crippen LogP contribution in [0.25, 0.3) is 33.4 Å². The maximum absolute atomic E-state index is 5.96. The Bertz CT molecular complexity index is 1190. The van der Waals surface area contributed by atoms with Gasteiger partial charge in [-0.15, -0.1) is 0 Å². The van der Waals surface area contributed by atoms with Gasteiger partial charge in [0.15, 0.2) is 11.2 Å². The third kappa shape index (κ3) is 2.32. The number of nitrogens with two attached hydrogens (primary N) is 1. The van der Waals surface area contributed by atoms with Crippen molar-refractivity contribution in [3.05, 3.63) is 54.9 Å². The summed E-state index contributed by atoms with van der Waals surface area (Å²) in [4.78, 5) is 12.6. The van der Waals surface area contributed by atoms with Crippen molar-refractivity contribution in [2.24, 2.45) is 0 Å². The van der Waals surface area contributed by atoms with Gasteiger partial charge in [-0.3, -0.25) is 5.10 Å². The number of hydrogen-bond acceptors (Lipinski definition) is 7. The van der Waals surface area contributed by atoms with Crippen LogP contribution >= 0.6 is 0 Å². The van der Waals surface area contributed by atoms with Crippen molar-refractivity contribution in [3.63, 3.8) is 0 Å². The zero-order chi connectivity index (χ0) is 17.5. The summed E-state index contributed by atoms with van der Waals surface area (Å²) in [7, 11) is 0.